The lowest BCUT2D eigenvalue weighted by molar-refractivity contribution is -0.387. The second-order valence-corrected chi connectivity index (χ2v) is 5.63. The highest BCUT2D eigenvalue weighted by Gasteiger charge is 2.14. The van der Waals surface area contributed by atoms with Gasteiger partial charge in [0, 0.05) is 29.8 Å². The van der Waals surface area contributed by atoms with Crippen molar-refractivity contribution < 1.29 is 14.8 Å². The number of benzene rings is 1. The molecule has 124 valence electrons. The van der Waals surface area contributed by atoms with Crippen LogP contribution in [0.15, 0.2) is 52.7 Å². The number of carbonyl (C=O) groups is 1. The number of aliphatic hydroxyl groups is 1. The van der Waals surface area contributed by atoms with Crippen LogP contribution >= 0.6 is 11.8 Å². The monoisotopic (exact) mass is 346 g/mol. The topological polar surface area (TPSA) is 118 Å². The fraction of sp³-hybridized carbons (Fsp3) is 0.133. The number of nitrogens with one attached hydrogen (secondary N) is 1. The lowest BCUT2D eigenvalue weighted by Gasteiger charge is -2.03. The van der Waals surface area contributed by atoms with E-state index in [1.807, 2.05) is 0 Å². The van der Waals surface area contributed by atoms with Crippen LogP contribution in [0.2, 0.25) is 0 Å². The van der Waals surface area contributed by atoms with E-state index < -0.39 is 10.8 Å². The molecule has 1 aromatic heterocycles. The van der Waals surface area contributed by atoms with Crippen LogP contribution in [0, 0.1) is 10.1 Å². The average Bonchev–Trinajstić information content (AvgIpc) is 2.61. The molecule has 9 heteroatoms. The van der Waals surface area contributed by atoms with E-state index in [-0.39, 0.29) is 12.3 Å². The Kier molecular flexibility index (Phi) is 6.41. The molecule has 0 aliphatic heterocycles. The van der Waals surface area contributed by atoms with Crippen LogP contribution in [-0.2, 0) is 0 Å². The van der Waals surface area contributed by atoms with Gasteiger partial charge in [0.15, 0.2) is 0 Å². The summed E-state index contributed by atoms with van der Waals surface area (Å²) in [6.07, 6.45) is 4.28. The van der Waals surface area contributed by atoms with E-state index in [1.165, 1.54) is 30.2 Å². The Balaban J connectivity index is 2.07. The zero-order valence-corrected chi connectivity index (χ0v) is 13.3. The largest absolute Gasteiger partial charge is 0.396 e. The van der Waals surface area contributed by atoms with Crippen LogP contribution in [-0.4, -0.2) is 39.5 Å². The van der Waals surface area contributed by atoms with Crippen molar-refractivity contribution in [3.05, 3.63) is 64.0 Å². The number of nitro groups is 1. The van der Waals surface area contributed by atoms with Gasteiger partial charge in [0.1, 0.15) is 0 Å². The second kappa shape index (κ2) is 8.75. The quantitative estimate of drug-likeness (QED) is 0.342. The summed E-state index contributed by atoms with van der Waals surface area (Å²) < 4.78 is 0. The molecule has 2 N–H and O–H groups in total. The molecule has 1 heterocycles. The Bertz CT molecular complexity index is 752. The van der Waals surface area contributed by atoms with E-state index in [0.29, 0.717) is 21.8 Å². The Labute approximate surface area is 141 Å². The van der Waals surface area contributed by atoms with Crippen molar-refractivity contribution in [3.63, 3.8) is 0 Å². The molecular weight excluding hydrogens is 332 g/mol. The Morgan fingerprint density at radius 2 is 2.29 bits per heavy atom. The zero-order chi connectivity index (χ0) is 17.4. The highest BCUT2D eigenvalue weighted by molar-refractivity contribution is 7.99. The van der Waals surface area contributed by atoms with Crippen LogP contribution < -0.4 is 5.43 Å². The minimum absolute atomic E-state index is 0.0641. The Morgan fingerprint density at radius 3 is 2.96 bits per heavy atom. The van der Waals surface area contributed by atoms with Gasteiger partial charge in [-0.25, -0.2) is 5.43 Å². The highest BCUT2D eigenvalue weighted by atomic mass is 32.2. The SMILES string of the molecule is O=C(N/N=C\c1ccc(SCCO)c([N+](=O)[O-])c1)c1cccnc1. The molecule has 0 radical (unpaired) electrons. The summed E-state index contributed by atoms with van der Waals surface area (Å²) in [6, 6.07) is 7.81. The third-order valence-electron chi connectivity index (χ3n) is 2.83. The summed E-state index contributed by atoms with van der Waals surface area (Å²) in [7, 11) is 0. The fourth-order valence-electron chi connectivity index (χ4n) is 1.76. The maximum absolute atomic E-state index is 11.8. The van der Waals surface area contributed by atoms with E-state index in [4.69, 9.17) is 5.11 Å². The Morgan fingerprint density at radius 1 is 1.46 bits per heavy atom. The number of hydrogen-bond donors (Lipinski definition) is 2. The molecular formula is C15H14N4O4S. The summed E-state index contributed by atoms with van der Waals surface area (Å²) >= 11 is 1.20. The van der Waals surface area contributed by atoms with Gasteiger partial charge in [-0.05, 0) is 18.2 Å². The van der Waals surface area contributed by atoms with E-state index in [2.05, 4.69) is 15.5 Å². The maximum Gasteiger partial charge on any atom is 0.283 e. The van der Waals surface area contributed by atoms with Gasteiger partial charge in [-0.3, -0.25) is 19.9 Å². The van der Waals surface area contributed by atoms with Crippen LogP contribution in [0.3, 0.4) is 0 Å². The number of thioether (sulfide) groups is 1. The number of aliphatic hydroxyl groups excluding tert-OH is 1. The third kappa shape index (κ3) is 4.86. The summed E-state index contributed by atoms with van der Waals surface area (Å²) in [5.41, 5.74) is 3.09. The van der Waals surface area contributed by atoms with Gasteiger partial charge in [0.05, 0.1) is 28.2 Å². The van der Waals surface area contributed by atoms with Crippen molar-refractivity contribution in [3.8, 4) is 0 Å². The van der Waals surface area contributed by atoms with Crippen LogP contribution in [0.25, 0.3) is 0 Å². The minimum Gasteiger partial charge on any atom is -0.396 e. The van der Waals surface area contributed by atoms with E-state index in [1.54, 1.807) is 30.5 Å². The molecule has 0 saturated heterocycles. The van der Waals surface area contributed by atoms with E-state index in [9.17, 15) is 14.9 Å². The normalized spacial score (nSPS) is 10.7. The van der Waals surface area contributed by atoms with Crippen molar-refractivity contribution in [1.82, 2.24) is 10.4 Å². The molecule has 0 unspecified atom stereocenters. The molecule has 0 bridgehead atoms. The molecule has 8 nitrogen and oxygen atoms in total. The van der Waals surface area contributed by atoms with E-state index in [0.717, 1.165) is 0 Å². The average molecular weight is 346 g/mol. The van der Waals surface area contributed by atoms with Gasteiger partial charge in [0.25, 0.3) is 11.6 Å². The van der Waals surface area contributed by atoms with Crippen molar-refractivity contribution in [2.24, 2.45) is 5.10 Å². The maximum atomic E-state index is 11.8. The van der Waals surface area contributed by atoms with Gasteiger partial charge in [-0.1, -0.05) is 6.07 Å². The predicted molar refractivity (Wildman–Crippen MR) is 90.2 cm³/mol. The molecule has 0 fully saturated rings. The molecule has 2 aromatic rings. The molecule has 1 aromatic carbocycles. The van der Waals surface area contributed by atoms with Gasteiger partial charge >= 0.3 is 0 Å². The first kappa shape index (κ1) is 17.6. The number of pyridine rings is 1. The molecule has 24 heavy (non-hydrogen) atoms. The van der Waals surface area contributed by atoms with Crippen molar-refractivity contribution in [2.45, 2.75) is 4.90 Å². The summed E-state index contributed by atoms with van der Waals surface area (Å²) in [6.45, 7) is -0.0641. The number of nitro benzene ring substituents is 1. The van der Waals surface area contributed by atoms with Crippen molar-refractivity contribution in [1.29, 1.82) is 0 Å². The predicted octanol–water partition coefficient (Wildman–Crippen LogP) is 1.84. The van der Waals surface area contributed by atoms with Gasteiger partial charge in [-0.15, -0.1) is 11.8 Å². The second-order valence-electron chi connectivity index (χ2n) is 4.50. The number of aromatic nitrogens is 1. The zero-order valence-electron chi connectivity index (χ0n) is 12.5. The molecule has 2 rings (SSSR count). The molecule has 0 atom stereocenters. The number of carbonyl (C=O) groups excluding carboxylic acids is 1. The molecule has 0 spiro atoms. The number of hydrogen-bond acceptors (Lipinski definition) is 7. The molecule has 1 amide bonds. The van der Waals surface area contributed by atoms with Gasteiger partial charge in [-0.2, -0.15) is 5.10 Å². The number of amides is 1. The van der Waals surface area contributed by atoms with Gasteiger partial charge in [0.2, 0.25) is 0 Å². The third-order valence-corrected chi connectivity index (χ3v) is 3.87. The van der Waals surface area contributed by atoms with Crippen LogP contribution in [0.1, 0.15) is 15.9 Å². The minimum atomic E-state index is -0.495. The van der Waals surface area contributed by atoms with E-state index >= 15 is 0 Å². The molecule has 0 saturated carbocycles. The van der Waals surface area contributed by atoms with Crippen LogP contribution in [0.4, 0.5) is 5.69 Å². The van der Waals surface area contributed by atoms with Gasteiger partial charge < -0.3 is 5.11 Å². The molecule has 0 aliphatic rings. The summed E-state index contributed by atoms with van der Waals surface area (Å²) in [5, 5.41) is 23.7. The summed E-state index contributed by atoms with van der Waals surface area (Å²) in [4.78, 5) is 26.7. The Hall–Kier alpha value is -2.78. The lowest BCUT2D eigenvalue weighted by Crippen LogP contribution is -2.17. The molecule has 0 aliphatic carbocycles. The van der Waals surface area contributed by atoms with Crippen molar-refractivity contribution >= 4 is 29.6 Å². The fourth-order valence-corrected chi connectivity index (χ4v) is 2.52. The first-order valence-electron chi connectivity index (χ1n) is 6.87. The standard InChI is InChI=1S/C15H14N4O4S/c20-6-7-24-14-4-3-11(8-13(14)19(22)23)9-17-18-15(21)12-2-1-5-16-10-12/h1-5,8-10,20H,6-7H2,(H,18,21)/b17-9-. The number of hydrazone groups is 1. The lowest BCUT2D eigenvalue weighted by atomic mass is 10.2. The number of rotatable bonds is 7. The smallest absolute Gasteiger partial charge is 0.283 e. The first-order chi connectivity index (χ1) is 11.6. The first-order valence-corrected chi connectivity index (χ1v) is 7.86. The summed E-state index contributed by atoms with van der Waals surface area (Å²) in [5.74, 6) is -0.0564. The number of nitrogens with zero attached hydrogens (tertiary/aromatic N) is 3. The highest BCUT2D eigenvalue weighted by Crippen LogP contribution is 2.29. The van der Waals surface area contributed by atoms with Crippen molar-refractivity contribution in [2.75, 3.05) is 12.4 Å². The van der Waals surface area contributed by atoms with Crippen LogP contribution in [0.5, 0.6) is 0 Å².